The number of aromatic nitrogens is 1. The predicted molar refractivity (Wildman–Crippen MR) is 57.1 cm³/mol. The molecular weight excluding hydrogens is 178 g/mol. The van der Waals surface area contributed by atoms with Gasteiger partial charge in [-0.15, -0.1) is 0 Å². The lowest BCUT2D eigenvalue weighted by Crippen LogP contribution is -2.26. The summed E-state index contributed by atoms with van der Waals surface area (Å²) in [5, 5.41) is 2.84. The maximum absolute atomic E-state index is 11.6. The number of anilines is 1. The Morgan fingerprint density at radius 3 is 2.86 bits per heavy atom. The van der Waals surface area contributed by atoms with Crippen molar-refractivity contribution in [1.82, 2.24) is 9.88 Å². The lowest BCUT2D eigenvalue weighted by molar-refractivity contribution is 0.0945. The number of hydrogen-bond donors (Lipinski definition) is 2. The Hall–Kier alpha value is -1.45. The number of amides is 1. The molecule has 14 heavy (non-hydrogen) atoms. The van der Waals surface area contributed by atoms with Crippen LogP contribution in [-0.4, -0.2) is 17.0 Å². The summed E-state index contributed by atoms with van der Waals surface area (Å²) >= 11 is 0. The largest absolute Gasteiger partial charge is 0.397 e. The lowest BCUT2D eigenvalue weighted by Gasteiger charge is -2.04. The number of carbonyl (C=O) groups excluding carboxylic acids is 1. The molecule has 1 aromatic heterocycles. The van der Waals surface area contributed by atoms with Gasteiger partial charge in [-0.25, -0.2) is 0 Å². The van der Waals surface area contributed by atoms with E-state index in [0.29, 0.717) is 11.4 Å². The van der Waals surface area contributed by atoms with E-state index < -0.39 is 0 Å². The number of nitrogens with zero attached hydrogens (tertiary/aromatic N) is 1. The van der Waals surface area contributed by atoms with Crippen LogP contribution < -0.4 is 11.1 Å². The second-order valence-electron chi connectivity index (χ2n) is 3.38. The molecule has 0 radical (unpaired) electrons. The quantitative estimate of drug-likeness (QED) is 0.708. The zero-order valence-electron chi connectivity index (χ0n) is 8.71. The summed E-state index contributed by atoms with van der Waals surface area (Å²) in [6, 6.07) is 1.68. The monoisotopic (exact) mass is 195 g/mol. The molecule has 0 aliphatic carbocycles. The van der Waals surface area contributed by atoms with E-state index in [0.717, 1.165) is 19.4 Å². The molecule has 0 saturated carbocycles. The first-order valence-corrected chi connectivity index (χ1v) is 4.85. The van der Waals surface area contributed by atoms with E-state index in [9.17, 15) is 4.79 Å². The van der Waals surface area contributed by atoms with E-state index in [4.69, 9.17) is 5.73 Å². The van der Waals surface area contributed by atoms with Crippen LogP contribution in [0.15, 0.2) is 12.3 Å². The molecule has 1 heterocycles. The van der Waals surface area contributed by atoms with E-state index in [-0.39, 0.29) is 5.91 Å². The molecule has 0 aliphatic heterocycles. The van der Waals surface area contributed by atoms with Crippen LogP contribution in [0.2, 0.25) is 0 Å². The van der Waals surface area contributed by atoms with Gasteiger partial charge in [0, 0.05) is 19.8 Å². The number of nitrogen functional groups attached to an aromatic ring is 1. The van der Waals surface area contributed by atoms with Crippen molar-refractivity contribution in [2.75, 3.05) is 12.3 Å². The van der Waals surface area contributed by atoms with Crippen LogP contribution in [0.25, 0.3) is 0 Å². The smallest absolute Gasteiger partial charge is 0.267 e. The van der Waals surface area contributed by atoms with Gasteiger partial charge in [-0.3, -0.25) is 4.79 Å². The maximum Gasteiger partial charge on any atom is 0.267 e. The van der Waals surface area contributed by atoms with E-state index in [1.54, 1.807) is 16.8 Å². The van der Waals surface area contributed by atoms with Gasteiger partial charge >= 0.3 is 0 Å². The maximum atomic E-state index is 11.6. The highest BCUT2D eigenvalue weighted by atomic mass is 16.1. The van der Waals surface area contributed by atoms with Gasteiger partial charge in [0.05, 0.1) is 5.69 Å². The van der Waals surface area contributed by atoms with E-state index in [2.05, 4.69) is 12.2 Å². The summed E-state index contributed by atoms with van der Waals surface area (Å²) in [7, 11) is 1.81. The van der Waals surface area contributed by atoms with Gasteiger partial charge in [-0.1, -0.05) is 13.3 Å². The molecule has 1 rings (SSSR count). The van der Waals surface area contributed by atoms with E-state index in [1.165, 1.54) is 0 Å². The summed E-state index contributed by atoms with van der Waals surface area (Å²) < 4.78 is 1.73. The third-order valence-corrected chi connectivity index (χ3v) is 2.07. The number of nitrogens with one attached hydrogen (secondary N) is 1. The molecular formula is C10H17N3O. The Kier molecular flexibility index (Phi) is 3.56. The summed E-state index contributed by atoms with van der Waals surface area (Å²) in [5.41, 5.74) is 6.80. The summed E-state index contributed by atoms with van der Waals surface area (Å²) in [4.78, 5) is 11.6. The number of carbonyl (C=O) groups is 1. The van der Waals surface area contributed by atoms with Crippen LogP contribution in [0.1, 0.15) is 30.3 Å². The van der Waals surface area contributed by atoms with Gasteiger partial charge in [-0.05, 0) is 12.5 Å². The molecule has 0 unspecified atom stereocenters. The summed E-state index contributed by atoms with van der Waals surface area (Å²) in [5.74, 6) is -0.0577. The minimum atomic E-state index is -0.0577. The number of hydrogen-bond acceptors (Lipinski definition) is 2. The number of unbranched alkanes of at least 4 members (excludes halogenated alkanes) is 1. The zero-order valence-corrected chi connectivity index (χ0v) is 8.71. The molecule has 0 fully saturated rings. The van der Waals surface area contributed by atoms with Gasteiger partial charge in [0.1, 0.15) is 5.69 Å². The predicted octanol–water partition coefficient (Wildman–Crippen LogP) is 1.14. The minimum absolute atomic E-state index is 0.0577. The fourth-order valence-corrected chi connectivity index (χ4v) is 1.29. The van der Waals surface area contributed by atoms with Gasteiger partial charge in [0.25, 0.3) is 5.91 Å². The summed E-state index contributed by atoms with van der Waals surface area (Å²) in [6.45, 7) is 2.81. The van der Waals surface area contributed by atoms with Crippen LogP contribution in [0, 0.1) is 0 Å². The highest BCUT2D eigenvalue weighted by molar-refractivity contribution is 5.93. The Balaban J connectivity index is 2.56. The topological polar surface area (TPSA) is 60.1 Å². The molecule has 4 nitrogen and oxygen atoms in total. The van der Waals surface area contributed by atoms with Gasteiger partial charge < -0.3 is 15.6 Å². The first-order valence-electron chi connectivity index (χ1n) is 4.85. The van der Waals surface area contributed by atoms with Crippen molar-refractivity contribution < 1.29 is 4.79 Å². The molecule has 1 amide bonds. The van der Waals surface area contributed by atoms with Crippen molar-refractivity contribution in [2.45, 2.75) is 19.8 Å². The highest BCUT2D eigenvalue weighted by Gasteiger charge is 2.09. The van der Waals surface area contributed by atoms with E-state index >= 15 is 0 Å². The van der Waals surface area contributed by atoms with Crippen molar-refractivity contribution in [1.29, 1.82) is 0 Å². The highest BCUT2D eigenvalue weighted by Crippen LogP contribution is 2.08. The molecule has 0 spiro atoms. The molecule has 78 valence electrons. The van der Waals surface area contributed by atoms with Crippen LogP contribution in [0.5, 0.6) is 0 Å². The van der Waals surface area contributed by atoms with E-state index in [1.807, 2.05) is 7.05 Å². The third-order valence-electron chi connectivity index (χ3n) is 2.07. The molecule has 0 bridgehead atoms. The Bertz CT molecular complexity index is 317. The van der Waals surface area contributed by atoms with Crippen molar-refractivity contribution in [3.05, 3.63) is 18.0 Å². The Morgan fingerprint density at radius 1 is 1.64 bits per heavy atom. The van der Waals surface area contributed by atoms with Crippen molar-refractivity contribution in [2.24, 2.45) is 7.05 Å². The van der Waals surface area contributed by atoms with Gasteiger partial charge in [-0.2, -0.15) is 0 Å². The first-order chi connectivity index (χ1) is 6.65. The normalized spacial score (nSPS) is 10.1. The van der Waals surface area contributed by atoms with Crippen LogP contribution in [-0.2, 0) is 7.05 Å². The van der Waals surface area contributed by atoms with Crippen molar-refractivity contribution in [3.8, 4) is 0 Å². The molecule has 0 aliphatic rings. The fraction of sp³-hybridized carbons (Fsp3) is 0.500. The average Bonchev–Trinajstić information content (AvgIpc) is 2.45. The standard InChI is InChI=1S/C10H17N3O/c1-3-4-5-12-10(14)9-6-8(11)7-13(9)2/h6-7H,3-5,11H2,1-2H3,(H,12,14). The SMILES string of the molecule is CCCCNC(=O)c1cc(N)cn1C. The summed E-state index contributed by atoms with van der Waals surface area (Å²) in [6.07, 6.45) is 3.82. The number of nitrogens with two attached hydrogens (primary N) is 1. The molecule has 4 heteroatoms. The first kappa shape index (κ1) is 10.6. The van der Waals surface area contributed by atoms with Gasteiger partial charge in [0.2, 0.25) is 0 Å². The third kappa shape index (κ3) is 2.52. The minimum Gasteiger partial charge on any atom is -0.397 e. The van der Waals surface area contributed by atoms with Crippen molar-refractivity contribution in [3.63, 3.8) is 0 Å². The van der Waals surface area contributed by atoms with Gasteiger partial charge in [0.15, 0.2) is 0 Å². The zero-order chi connectivity index (χ0) is 10.6. The number of aryl methyl sites for hydroxylation is 1. The number of rotatable bonds is 4. The lowest BCUT2D eigenvalue weighted by atomic mass is 10.3. The molecule has 0 saturated heterocycles. The molecule has 0 aromatic carbocycles. The average molecular weight is 195 g/mol. The van der Waals surface area contributed by atoms with Crippen molar-refractivity contribution >= 4 is 11.6 Å². The van der Waals surface area contributed by atoms with Crippen LogP contribution in [0.4, 0.5) is 5.69 Å². The Morgan fingerprint density at radius 2 is 2.36 bits per heavy atom. The molecule has 1 aromatic rings. The van der Waals surface area contributed by atoms with Crippen LogP contribution >= 0.6 is 0 Å². The fourth-order valence-electron chi connectivity index (χ4n) is 1.29. The molecule has 3 N–H and O–H groups in total. The second-order valence-corrected chi connectivity index (χ2v) is 3.38. The second kappa shape index (κ2) is 4.69. The Labute approximate surface area is 84.1 Å². The molecule has 0 atom stereocenters. The van der Waals surface area contributed by atoms with Crippen LogP contribution in [0.3, 0.4) is 0 Å².